The third-order valence-corrected chi connectivity index (χ3v) is 5.74. The molecule has 0 aliphatic heterocycles. The molecule has 0 fully saturated rings. The molecule has 0 saturated heterocycles. The Balaban J connectivity index is 1.54. The van der Waals surface area contributed by atoms with E-state index in [2.05, 4.69) is 42.4 Å². The van der Waals surface area contributed by atoms with E-state index in [1.807, 2.05) is 36.4 Å². The molecule has 0 atom stereocenters. The summed E-state index contributed by atoms with van der Waals surface area (Å²) < 4.78 is 12.7. The lowest BCUT2D eigenvalue weighted by Gasteiger charge is -2.12. The Morgan fingerprint density at radius 1 is 1.00 bits per heavy atom. The number of ether oxygens (including phenoxy) is 2. The first-order valence-corrected chi connectivity index (χ1v) is 11.3. The molecule has 3 aromatic rings. The molecule has 0 unspecified atom stereocenters. The van der Waals surface area contributed by atoms with Gasteiger partial charge in [-0.2, -0.15) is 5.10 Å². The molecular formula is C22H16Br2Cl2N2O3. The Labute approximate surface area is 206 Å². The highest BCUT2D eigenvalue weighted by Crippen LogP contribution is 2.35. The summed E-state index contributed by atoms with van der Waals surface area (Å²) >= 11 is 19.0. The summed E-state index contributed by atoms with van der Waals surface area (Å²) in [5.74, 6) is 0.797. The number of carbonyl (C=O) groups is 1. The number of nitrogens with one attached hydrogen (secondary N) is 1. The summed E-state index contributed by atoms with van der Waals surface area (Å²) in [4.78, 5) is 11.9. The number of benzene rings is 3. The van der Waals surface area contributed by atoms with Gasteiger partial charge in [-0.25, -0.2) is 5.43 Å². The smallest absolute Gasteiger partial charge is 0.277 e. The van der Waals surface area contributed by atoms with E-state index in [0.717, 1.165) is 20.1 Å². The fourth-order valence-corrected chi connectivity index (χ4v) is 4.22. The summed E-state index contributed by atoms with van der Waals surface area (Å²) in [6.07, 6.45) is 1.52. The lowest BCUT2D eigenvalue weighted by molar-refractivity contribution is -0.123. The number of nitrogens with zero attached hydrogens (tertiary/aromatic N) is 1. The molecule has 0 spiro atoms. The number of amides is 1. The van der Waals surface area contributed by atoms with Crippen molar-refractivity contribution in [2.45, 2.75) is 6.61 Å². The standard InChI is InChI=1S/C22H16Br2Cl2N2O3/c23-18-9-14(10-19(24)22(18)31-12-15-3-1-2-4-20(15)26)11-27-28-21(29)13-30-17-7-5-16(25)6-8-17/h1-11H,12-13H2,(H,28,29)/b27-11-. The van der Waals surface area contributed by atoms with Gasteiger partial charge in [-0.1, -0.05) is 41.4 Å². The maximum absolute atomic E-state index is 11.9. The number of halogens is 4. The molecule has 0 heterocycles. The van der Waals surface area contributed by atoms with Crippen LogP contribution in [-0.2, 0) is 11.4 Å². The lowest BCUT2D eigenvalue weighted by Crippen LogP contribution is -2.24. The highest BCUT2D eigenvalue weighted by Gasteiger charge is 2.10. The van der Waals surface area contributed by atoms with Crippen LogP contribution in [0.4, 0.5) is 0 Å². The first-order chi connectivity index (χ1) is 14.9. The van der Waals surface area contributed by atoms with Gasteiger partial charge in [0, 0.05) is 15.6 Å². The van der Waals surface area contributed by atoms with Gasteiger partial charge in [0.1, 0.15) is 18.1 Å². The van der Waals surface area contributed by atoms with Gasteiger partial charge in [-0.3, -0.25) is 4.79 Å². The second-order valence-electron chi connectivity index (χ2n) is 6.23. The molecule has 3 aromatic carbocycles. The van der Waals surface area contributed by atoms with Gasteiger partial charge in [0.05, 0.1) is 15.2 Å². The Morgan fingerprint density at radius 3 is 2.35 bits per heavy atom. The molecule has 5 nitrogen and oxygen atoms in total. The molecule has 31 heavy (non-hydrogen) atoms. The molecule has 1 amide bonds. The molecule has 0 radical (unpaired) electrons. The van der Waals surface area contributed by atoms with E-state index < -0.39 is 0 Å². The van der Waals surface area contributed by atoms with E-state index in [4.69, 9.17) is 32.7 Å². The van der Waals surface area contributed by atoms with Crippen molar-refractivity contribution in [1.82, 2.24) is 5.43 Å². The number of rotatable bonds is 8. The molecule has 3 rings (SSSR count). The third-order valence-electron chi connectivity index (χ3n) is 3.94. The van der Waals surface area contributed by atoms with Crippen LogP contribution in [0.3, 0.4) is 0 Å². The fourth-order valence-electron chi connectivity index (χ4n) is 2.45. The quantitative estimate of drug-likeness (QED) is 0.238. The topological polar surface area (TPSA) is 59.9 Å². The van der Waals surface area contributed by atoms with Crippen molar-refractivity contribution in [2.24, 2.45) is 5.10 Å². The minimum Gasteiger partial charge on any atom is -0.486 e. The van der Waals surface area contributed by atoms with Gasteiger partial charge >= 0.3 is 0 Å². The van der Waals surface area contributed by atoms with Crippen LogP contribution < -0.4 is 14.9 Å². The predicted octanol–water partition coefficient (Wildman–Crippen LogP) is 6.63. The van der Waals surface area contributed by atoms with Crippen molar-refractivity contribution in [1.29, 1.82) is 0 Å². The SMILES string of the molecule is O=C(COc1ccc(Cl)cc1)N/N=C\c1cc(Br)c(OCc2ccccc2Cl)c(Br)c1. The van der Waals surface area contributed by atoms with Crippen molar-refractivity contribution in [3.8, 4) is 11.5 Å². The molecule has 0 bridgehead atoms. The van der Waals surface area contributed by atoms with Crippen molar-refractivity contribution in [2.75, 3.05) is 6.61 Å². The first kappa shape index (κ1) is 23.6. The van der Waals surface area contributed by atoms with Gasteiger partial charge < -0.3 is 9.47 Å². The number of hydrogen-bond acceptors (Lipinski definition) is 4. The summed E-state index contributed by atoms with van der Waals surface area (Å²) in [5.41, 5.74) is 4.06. The zero-order chi connectivity index (χ0) is 22.2. The lowest BCUT2D eigenvalue weighted by atomic mass is 10.2. The summed E-state index contributed by atoms with van der Waals surface area (Å²) in [6, 6.07) is 17.9. The number of hydrazone groups is 1. The monoisotopic (exact) mass is 584 g/mol. The molecule has 160 valence electrons. The van der Waals surface area contributed by atoms with Crippen LogP contribution in [0, 0.1) is 0 Å². The normalized spacial score (nSPS) is 10.8. The second-order valence-corrected chi connectivity index (χ2v) is 8.78. The van der Waals surface area contributed by atoms with Crippen LogP contribution in [-0.4, -0.2) is 18.7 Å². The molecule has 9 heteroatoms. The minimum absolute atomic E-state index is 0.165. The van der Waals surface area contributed by atoms with E-state index in [0.29, 0.717) is 28.2 Å². The van der Waals surface area contributed by atoms with Gasteiger partial charge in [0.2, 0.25) is 0 Å². The maximum atomic E-state index is 11.9. The van der Waals surface area contributed by atoms with Crippen molar-refractivity contribution >= 4 is 67.2 Å². The molecule has 0 aromatic heterocycles. The zero-order valence-corrected chi connectivity index (χ0v) is 20.6. The fraction of sp³-hybridized carbons (Fsp3) is 0.0909. The summed E-state index contributed by atoms with van der Waals surface area (Å²) in [7, 11) is 0. The third kappa shape index (κ3) is 7.25. The van der Waals surface area contributed by atoms with Crippen molar-refractivity contribution in [3.63, 3.8) is 0 Å². The Morgan fingerprint density at radius 2 is 1.68 bits per heavy atom. The van der Waals surface area contributed by atoms with Crippen LogP contribution in [0.25, 0.3) is 0 Å². The van der Waals surface area contributed by atoms with E-state index >= 15 is 0 Å². The minimum atomic E-state index is -0.385. The van der Waals surface area contributed by atoms with Gasteiger partial charge in [0.15, 0.2) is 6.61 Å². The van der Waals surface area contributed by atoms with Crippen LogP contribution in [0.15, 0.2) is 74.7 Å². The predicted molar refractivity (Wildman–Crippen MR) is 130 cm³/mol. The second kappa shape index (κ2) is 11.5. The van der Waals surface area contributed by atoms with E-state index in [9.17, 15) is 4.79 Å². The van der Waals surface area contributed by atoms with E-state index in [1.165, 1.54) is 6.21 Å². The highest BCUT2D eigenvalue weighted by atomic mass is 79.9. The van der Waals surface area contributed by atoms with E-state index in [-0.39, 0.29) is 12.5 Å². The maximum Gasteiger partial charge on any atom is 0.277 e. The van der Waals surface area contributed by atoms with Gasteiger partial charge in [0.25, 0.3) is 5.91 Å². The van der Waals surface area contributed by atoms with Crippen molar-refractivity contribution in [3.05, 3.63) is 90.8 Å². The van der Waals surface area contributed by atoms with Crippen molar-refractivity contribution < 1.29 is 14.3 Å². The van der Waals surface area contributed by atoms with E-state index in [1.54, 1.807) is 24.3 Å². The van der Waals surface area contributed by atoms with Crippen LogP contribution in [0.1, 0.15) is 11.1 Å². The van der Waals surface area contributed by atoms with Gasteiger partial charge in [-0.05, 0) is 79.9 Å². The average Bonchev–Trinajstić information content (AvgIpc) is 2.74. The zero-order valence-electron chi connectivity index (χ0n) is 15.9. The average molecular weight is 587 g/mol. The number of hydrogen-bond donors (Lipinski definition) is 1. The Bertz CT molecular complexity index is 1070. The van der Waals surface area contributed by atoms with Crippen LogP contribution >= 0.6 is 55.1 Å². The largest absolute Gasteiger partial charge is 0.486 e. The van der Waals surface area contributed by atoms with Crippen LogP contribution in [0.2, 0.25) is 10.0 Å². The molecule has 0 aliphatic rings. The molecular weight excluding hydrogens is 571 g/mol. The van der Waals surface area contributed by atoms with Gasteiger partial charge in [-0.15, -0.1) is 0 Å². The molecule has 1 N–H and O–H groups in total. The highest BCUT2D eigenvalue weighted by molar-refractivity contribution is 9.11. The Kier molecular flexibility index (Phi) is 8.78. The summed E-state index contributed by atoms with van der Waals surface area (Å²) in [5, 5.41) is 5.20. The Hall–Kier alpha value is -2.06. The molecule has 0 aliphatic carbocycles. The molecule has 0 saturated carbocycles. The number of carbonyl (C=O) groups excluding carboxylic acids is 1. The first-order valence-electron chi connectivity index (χ1n) is 8.98. The van der Waals surface area contributed by atoms with Crippen LogP contribution in [0.5, 0.6) is 11.5 Å². The summed E-state index contributed by atoms with van der Waals surface area (Å²) in [6.45, 7) is 0.162.